The number of rotatable bonds is 6. The van der Waals surface area contributed by atoms with E-state index in [1.807, 2.05) is 32.0 Å². The Kier molecular flexibility index (Phi) is 5.33. The Morgan fingerprint density at radius 1 is 1.00 bits per heavy atom. The van der Waals surface area contributed by atoms with E-state index in [1.165, 1.54) is 0 Å². The second-order valence-corrected chi connectivity index (χ2v) is 9.42. The Morgan fingerprint density at radius 2 is 1.79 bits per heavy atom. The van der Waals surface area contributed by atoms with E-state index in [4.69, 9.17) is 9.72 Å². The highest BCUT2D eigenvalue weighted by atomic mass is 16.5. The second-order valence-electron chi connectivity index (χ2n) is 9.42. The standard InChI is InChI=1S/C27H28N4O2/c1-16-11-25(27(3,4)32)29-13-21(16)22-14-28-17(2)30-26(22)33-15-19-12-20(19)24-10-9-18-7-5-6-8-23(18)31-24/h5-11,13-14,19-20,32H,12,15H2,1-4H3. The molecule has 1 aliphatic carbocycles. The van der Waals surface area contributed by atoms with Gasteiger partial charge >= 0.3 is 0 Å². The second kappa shape index (κ2) is 8.19. The monoisotopic (exact) mass is 440 g/mol. The highest BCUT2D eigenvalue weighted by Gasteiger charge is 2.40. The number of pyridine rings is 2. The molecule has 168 valence electrons. The summed E-state index contributed by atoms with van der Waals surface area (Å²) in [7, 11) is 0. The predicted octanol–water partition coefficient (Wildman–Crippen LogP) is 5.11. The van der Waals surface area contributed by atoms with Gasteiger partial charge in [0.15, 0.2) is 0 Å². The van der Waals surface area contributed by atoms with Gasteiger partial charge in [-0.1, -0.05) is 24.3 Å². The lowest BCUT2D eigenvalue weighted by Crippen LogP contribution is -2.17. The molecule has 0 aliphatic heterocycles. The molecule has 6 heteroatoms. The number of para-hydroxylation sites is 1. The van der Waals surface area contributed by atoms with Gasteiger partial charge in [0.25, 0.3) is 0 Å². The lowest BCUT2D eigenvalue weighted by atomic mass is 9.99. The van der Waals surface area contributed by atoms with E-state index in [1.54, 1.807) is 26.2 Å². The Balaban J connectivity index is 1.34. The fraction of sp³-hybridized carbons (Fsp3) is 0.333. The van der Waals surface area contributed by atoms with Crippen LogP contribution < -0.4 is 4.74 Å². The third kappa shape index (κ3) is 4.44. The molecule has 1 fully saturated rings. The van der Waals surface area contributed by atoms with E-state index in [9.17, 15) is 5.11 Å². The molecule has 0 amide bonds. The van der Waals surface area contributed by atoms with Crippen LogP contribution in [0, 0.1) is 19.8 Å². The number of nitrogens with zero attached hydrogens (tertiary/aromatic N) is 4. The Morgan fingerprint density at radius 3 is 2.58 bits per heavy atom. The van der Waals surface area contributed by atoms with Crippen LogP contribution in [0.5, 0.6) is 5.88 Å². The summed E-state index contributed by atoms with van der Waals surface area (Å²) in [4.78, 5) is 18.3. The Labute approximate surface area is 193 Å². The molecule has 3 aromatic heterocycles. The van der Waals surface area contributed by atoms with Crippen molar-refractivity contribution in [1.29, 1.82) is 0 Å². The van der Waals surface area contributed by atoms with Crippen molar-refractivity contribution in [1.82, 2.24) is 19.9 Å². The molecule has 0 bridgehead atoms. The van der Waals surface area contributed by atoms with Crippen molar-refractivity contribution in [3.05, 3.63) is 77.6 Å². The van der Waals surface area contributed by atoms with Crippen LogP contribution in [0.3, 0.4) is 0 Å². The van der Waals surface area contributed by atoms with Gasteiger partial charge in [-0.2, -0.15) is 4.98 Å². The topological polar surface area (TPSA) is 81.0 Å². The maximum atomic E-state index is 10.3. The minimum atomic E-state index is -0.996. The highest BCUT2D eigenvalue weighted by molar-refractivity contribution is 5.78. The predicted molar refractivity (Wildman–Crippen MR) is 128 cm³/mol. The molecule has 0 spiro atoms. The summed E-state index contributed by atoms with van der Waals surface area (Å²) in [6.45, 7) is 7.90. The van der Waals surface area contributed by atoms with Gasteiger partial charge in [0.05, 0.1) is 23.4 Å². The van der Waals surface area contributed by atoms with Crippen molar-refractivity contribution < 1.29 is 9.84 Å². The number of hydrogen-bond donors (Lipinski definition) is 1. The summed E-state index contributed by atoms with van der Waals surface area (Å²) in [5, 5.41) is 11.4. The first-order chi connectivity index (χ1) is 15.8. The normalized spacial score (nSPS) is 17.8. The molecule has 0 saturated heterocycles. The molecule has 33 heavy (non-hydrogen) atoms. The molecule has 6 nitrogen and oxygen atoms in total. The average molecular weight is 441 g/mol. The van der Waals surface area contributed by atoms with Crippen LogP contribution in [0.25, 0.3) is 22.0 Å². The van der Waals surface area contributed by atoms with Crippen molar-refractivity contribution >= 4 is 10.9 Å². The summed E-state index contributed by atoms with van der Waals surface area (Å²) in [6.07, 6.45) is 4.62. The van der Waals surface area contributed by atoms with E-state index >= 15 is 0 Å². The minimum absolute atomic E-state index is 0.412. The lowest BCUT2D eigenvalue weighted by Gasteiger charge is -2.18. The van der Waals surface area contributed by atoms with E-state index in [0.29, 0.717) is 35.8 Å². The molecule has 1 aliphatic rings. The third-order valence-electron chi connectivity index (χ3n) is 6.26. The summed E-state index contributed by atoms with van der Waals surface area (Å²) in [6, 6.07) is 14.4. The molecular formula is C27H28N4O2. The molecular weight excluding hydrogens is 412 g/mol. The molecule has 2 unspecified atom stereocenters. The number of hydrogen-bond acceptors (Lipinski definition) is 6. The fourth-order valence-electron chi connectivity index (χ4n) is 4.18. The minimum Gasteiger partial charge on any atom is -0.477 e. The maximum absolute atomic E-state index is 10.3. The van der Waals surface area contributed by atoms with Gasteiger partial charge in [-0.15, -0.1) is 0 Å². The van der Waals surface area contributed by atoms with Gasteiger partial charge in [0.1, 0.15) is 11.4 Å². The van der Waals surface area contributed by atoms with Gasteiger partial charge in [-0.25, -0.2) is 4.98 Å². The molecule has 1 N–H and O–H groups in total. The van der Waals surface area contributed by atoms with Gasteiger partial charge in [-0.3, -0.25) is 9.97 Å². The lowest BCUT2D eigenvalue weighted by molar-refractivity contribution is 0.0738. The van der Waals surface area contributed by atoms with Crippen molar-refractivity contribution in [3.8, 4) is 17.0 Å². The van der Waals surface area contributed by atoms with Crippen LogP contribution in [-0.2, 0) is 5.60 Å². The fourth-order valence-corrected chi connectivity index (χ4v) is 4.18. The third-order valence-corrected chi connectivity index (χ3v) is 6.26. The Hall–Kier alpha value is -3.38. The molecule has 5 rings (SSSR count). The number of benzene rings is 1. The molecule has 1 saturated carbocycles. The molecule has 4 aromatic rings. The van der Waals surface area contributed by atoms with Crippen molar-refractivity contribution in [2.75, 3.05) is 6.61 Å². The highest BCUT2D eigenvalue weighted by Crippen LogP contribution is 2.47. The molecule has 3 heterocycles. The summed E-state index contributed by atoms with van der Waals surface area (Å²) in [5.74, 6) is 2.06. The number of fused-ring (bicyclic) bond motifs is 1. The van der Waals surface area contributed by atoms with E-state index < -0.39 is 5.60 Å². The zero-order chi connectivity index (χ0) is 23.2. The van der Waals surface area contributed by atoms with Gasteiger partial charge < -0.3 is 9.84 Å². The van der Waals surface area contributed by atoms with Crippen LogP contribution >= 0.6 is 0 Å². The zero-order valence-corrected chi connectivity index (χ0v) is 19.4. The first-order valence-electron chi connectivity index (χ1n) is 11.3. The smallest absolute Gasteiger partial charge is 0.224 e. The SMILES string of the molecule is Cc1ncc(-c2cnc(C(C)(C)O)cc2C)c(OCC2CC2c2ccc3ccccc3n2)n1. The van der Waals surface area contributed by atoms with Crippen LogP contribution in [0.2, 0.25) is 0 Å². The van der Waals surface area contributed by atoms with Crippen LogP contribution in [0.1, 0.15) is 49.0 Å². The van der Waals surface area contributed by atoms with E-state index in [0.717, 1.165) is 39.7 Å². The van der Waals surface area contributed by atoms with Gasteiger partial charge in [0, 0.05) is 40.9 Å². The summed E-state index contributed by atoms with van der Waals surface area (Å²) < 4.78 is 6.23. The van der Waals surface area contributed by atoms with Crippen molar-refractivity contribution in [3.63, 3.8) is 0 Å². The molecule has 2 atom stereocenters. The van der Waals surface area contributed by atoms with E-state index in [2.05, 4.69) is 39.2 Å². The average Bonchev–Trinajstić information content (AvgIpc) is 3.57. The maximum Gasteiger partial charge on any atom is 0.224 e. The van der Waals surface area contributed by atoms with Crippen molar-refractivity contribution in [2.45, 2.75) is 45.6 Å². The summed E-state index contributed by atoms with van der Waals surface area (Å²) >= 11 is 0. The number of aryl methyl sites for hydroxylation is 2. The van der Waals surface area contributed by atoms with Gasteiger partial charge in [0.2, 0.25) is 5.88 Å². The quantitative estimate of drug-likeness (QED) is 0.449. The van der Waals surface area contributed by atoms with Crippen LogP contribution in [-0.4, -0.2) is 31.6 Å². The van der Waals surface area contributed by atoms with Crippen LogP contribution in [0.15, 0.2) is 54.9 Å². The first-order valence-corrected chi connectivity index (χ1v) is 11.3. The largest absolute Gasteiger partial charge is 0.477 e. The molecule has 0 radical (unpaired) electrons. The molecule has 1 aromatic carbocycles. The zero-order valence-electron chi connectivity index (χ0n) is 19.4. The number of aromatic nitrogens is 4. The van der Waals surface area contributed by atoms with Gasteiger partial charge in [-0.05, 0) is 57.9 Å². The number of ether oxygens (including phenoxy) is 1. The summed E-state index contributed by atoms with van der Waals surface area (Å²) in [5.41, 5.74) is 4.50. The Bertz CT molecular complexity index is 1330. The van der Waals surface area contributed by atoms with Crippen LogP contribution in [0.4, 0.5) is 0 Å². The number of aliphatic hydroxyl groups is 1. The van der Waals surface area contributed by atoms with E-state index in [-0.39, 0.29) is 0 Å². The first kappa shape index (κ1) is 21.5. The van der Waals surface area contributed by atoms with Crippen molar-refractivity contribution in [2.24, 2.45) is 5.92 Å².